The summed E-state index contributed by atoms with van der Waals surface area (Å²) in [7, 11) is 0. The van der Waals surface area contributed by atoms with Crippen LogP contribution in [0.4, 0.5) is 0 Å². The Bertz CT molecular complexity index is 98.3. The quantitative estimate of drug-likeness (QED) is 0.267. The van der Waals surface area contributed by atoms with Gasteiger partial charge in [0, 0.05) is 0 Å². The van der Waals surface area contributed by atoms with E-state index in [2.05, 4.69) is 8.67 Å². The van der Waals surface area contributed by atoms with E-state index in [4.69, 9.17) is 9.11 Å². The minimum atomic E-state index is -2.66. The fourth-order valence-corrected chi connectivity index (χ4v) is 0.428. The average Bonchev–Trinajstić information content (AvgIpc) is 1.61. The molecule has 0 spiro atoms. The highest BCUT2D eigenvalue weighted by Crippen LogP contribution is 1.83. The van der Waals surface area contributed by atoms with Crippen LogP contribution in [0.1, 0.15) is 0 Å². The van der Waals surface area contributed by atoms with Gasteiger partial charge in [-0.3, -0.25) is 9.11 Å². The van der Waals surface area contributed by atoms with Crippen molar-refractivity contribution >= 4 is 22.7 Å². The zero-order valence-corrected chi connectivity index (χ0v) is 6.39. The SMILES string of the molecule is N.N.O=S(O)OOS(=O)O. The molecule has 0 aromatic carbocycles. The molecule has 0 rings (SSSR count). The van der Waals surface area contributed by atoms with Gasteiger partial charge in [-0.15, -0.1) is 0 Å². The molecule has 0 aromatic rings. The standard InChI is InChI=1S/2H3N.H2O6S2/c;;1-7(2)5-6-8(3)4/h2*1H3;(H,1,2)(H,3,4). The van der Waals surface area contributed by atoms with Gasteiger partial charge in [0.1, 0.15) is 0 Å². The Morgan fingerprint density at radius 1 is 0.900 bits per heavy atom. The summed E-state index contributed by atoms with van der Waals surface area (Å²) in [5.74, 6) is 0. The van der Waals surface area contributed by atoms with E-state index in [-0.39, 0.29) is 12.3 Å². The van der Waals surface area contributed by atoms with Crippen molar-refractivity contribution in [3.63, 3.8) is 0 Å². The maximum atomic E-state index is 9.42. The van der Waals surface area contributed by atoms with Gasteiger partial charge in [0.25, 0.3) is 0 Å². The molecule has 0 aliphatic heterocycles. The third-order valence-electron chi connectivity index (χ3n) is 0.144. The zero-order valence-electron chi connectivity index (χ0n) is 4.76. The highest BCUT2D eigenvalue weighted by molar-refractivity contribution is 7.76. The first-order valence-electron chi connectivity index (χ1n) is 1.20. The Labute approximate surface area is 62.0 Å². The zero-order chi connectivity index (χ0) is 6.57. The van der Waals surface area contributed by atoms with E-state index in [0.717, 1.165) is 0 Å². The fourth-order valence-electron chi connectivity index (χ4n) is 0.0475. The van der Waals surface area contributed by atoms with Crippen LogP contribution in [-0.2, 0) is 31.4 Å². The van der Waals surface area contributed by atoms with Crippen LogP contribution < -0.4 is 12.3 Å². The second-order valence-electron chi connectivity index (χ2n) is 0.570. The second-order valence-corrected chi connectivity index (χ2v) is 1.71. The Morgan fingerprint density at radius 2 is 1.10 bits per heavy atom. The molecule has 0 aliphatic carbocycles. The maximum Gasteiger partial charge on any atom is 0.332 e. The van der Waals surface area contributed by atoms with Gasteiger partial charge in [0.05, 0.1) is 0 Å². The largest absolute Gasteiger partial charge is 0.344 e. The Morgan fingerprint density at radius 3 is 1.20 bits per heavy atom. The van der Waals surface area contributed by atoms with Crippen molar-refractivity contribution in [2.75, 3.05) is 0 Å². The molecule has 10 heavy (non-hydrogen) atoms. The molecule has 10 heteroatoms. The van der Waals surface area contributed by atoms with Crippen LogP contribution in [0.2, 0.25) is 0 Å². The lowest BCUT2D eigenvalue weighted by Gasteiger charge is -1.87. The highest BCUT2D eigenvalue weighted by Gasteiger charge is 1.97. The van der Waals surface area contributed by atoms with Crippen LogP contribution in [0.25, 0.3) is 0 Å². The molecule has 8 N–H and O–H groups in total. The maximum absolute atomic E-state index is 9.42. The lowest BCUT2D eigenvalue weighted by molar-refractivity contribution is -0.0877. The molecule has 0 radical (unpaired) electrons. The van der Waals surface area contributed by atoms with Crippen molar-refractivity contribution in [1.29, 1.82) is 0 Å². The highest BCUT2D eigenvalue weighted by atomic mass is 32.2. The van der Waals surface area contributed by atoms with E-state index >= 15 is 0 Å². The number of hydrogen-bond acceptors (Lipinski definition) is 6. The van der Waals surface area contributed by atoms with Gasteiger partial charge in [-0.2, -0.15) is 8.42 Å². The van der Waals surface area contributed by atoms with Crippen molar-refractivity contribution < 1.29 is 26.2 Å². The Balaban J connectivity index is -0.000000245. The molecule has 0 amide bonds. The molecule has 0 aliphatic rings. The van der Waals surface area contributed by atoms with E-state index < -0.39 is 22.7 Å². The topological polar surface area (TPSA) is 163 Å². The normalized spacial score (nSPS) is 14.2. The van der Waals surface area contributed by atoms with Crippen molar-refractivity contribution in [3.05, 3.63) is 0 Å². The van der Waals surface area contributed by atoms with Crippen molar-refractivity contribution in [1.82, 2.24) is 12.3 Å². The lowest BCUT2D eigenvalue weighted by Crippen LogP contribution is -1.98. The van der Waals surface area contributed by atoms with Crippen LogP contribution in [0.15, 0.2) is 0 Å². The Hall–Kier alpha value is 0.0600. The van der Waals surface area contributed by atoms with Crippen LogP contribution in [0.5, 0.6) is 0 Å². The molecule has 0 bridgehead atoms. The molecule has 2 unspecified atom stereocenters. The van der Waals surface area contributed by atoms with E-state index in [0.29, 0.717) is 0 Å². The van der Waals surface area contributed by atoms with E-state index in [1.807, 2.05) is 0 Å². The molecular weight excluding hydrogens is 188 g/mol. The van der Waals surface area contributed by atoms with Crippen LogP contribution >= 0.6 is 0 Å². The molecule has 0 aromatic heterocycles. The summed E-state index contributed by atoms with van der Waals surface area (Å²) in [5.41, 5.74) is 0. The van der Waals surface area contributed by atoms with E-state index in [1.165, 1.54) is 0 Å². The van der Waals surface area contributed by atoms with Crippen molar-refractivity contribution in [2.45, 2.75) is 0 Å². The number of hydrogen-bond donors (Lipinski definition) is 4. The fraction of sp³-hybridized carbons (Fsp3) is 0. The molecule has 0 saturated heterocycles. The predicted octanol–water partition coefficient (Wildman–Crippen LogP) is -0.468. The monoisotopic (exact) mass is 196 g/mol. The van der Waals surface area contributed by atoms with Gasteiger partial charge in [-0.05, 0) is 0 Å². The molecule has 8 nitrogen and oxygen atoms in total. The Kier molecular flexibility index (Phi) is 15.0. The first-order valence-corrected chi connectivity index (χ1v) is 3.26. The summed E-state index contributed by atoms with van der Waals surface area (Å²) in [6.45, 7) is 0. The van der Waals surface area contributed by atoms with Gasteiger partial charge >= 0.3 is 22.7 Å². The first-order chi connectivity index (χ1) is 3.63. The van der Waals surface area contributed by atoms with Gasteiger partial charge in [0.2, 0.25) is 0 Å². The molecule has 66 valence electrons. The van der Waals surface area contributed by atoms with Gasteiger partial charge < -0.3 is 12.3 Å². The van der Waals surface area contributed by atoms with Gasteiger partial charge in [-0.25, -0.2) is 0 Å². The van der Waals surface area contributed by atoms with Crippen molar-refractivity contribution in [2.24, 2.45) is 0 Å². The van der Waals surface area contributed by atoms with E-state index in [9.17, 15) is 8.42 Å². The summed E-state index contributed by atoms with van der Waals surface area (Å²) >= 11 is -5.32. The van der Waals surface area contributed by atoms with Gasteiger partial charge in [0.15, 0.2) is 0 Å². The molecule has 2 atom stereocenters. The second kappa shape index (κ2) is 9.06. The minimum absolute atomic E-state index is 0. The summed E-state index contributed by atoms with van der Waals surface area (Å²) < 4.78 is 40.8. The van der Waals surface area contributed by atoms with Crippen LogP contribution in [0.3, 0.4) is 0 Å². The van der Waals surface area contributed by atoms with Gasteiger partial charge in [-0.1, -0.05) is 8.67 Å². The lowest BCUT2D eigenvalue weighted by atomic mass is 14.0. The smallest absolute Gasteiger partial charge is 0.332 e. The molecular formula is H8N2O6S2. The summed E-state index contributed by atoms with van der Waals surface area (Å²) in [5, 5.41) is 0. The summed E-state index contributed by atoms with van der Waals surface area (Å²) in [4.78, 5) is 0. The average molecular weight is 196 g/mol. The number of rotatable bonds is 3. The van der Waals surface area contributed by atoms with Crippen molar-refractivity contribution in [3.8, 4) is 0 Å². The molecule has 0 heterocycles. The third-order valence-corrected chi connectivity index (χ3v) is 0.599. The summed E-state index contributed by atoms with van der Waals surface area (Å²) in [6.07, 6.45) is 0. The van der Waals surface area contributed by atoms with E-state index in [1.54, 1.807) is 0 Å². The minimum Gasteiger partial charge on any atom is -0.344 e. The van der Waals surface area contributed by atoms with Crippen LogP contribution in [0, 0.1) is 0 Å². The van der Waals surface area contributed by atoms with Crippen LogP contribution in [-0.4, -0.2) is 17.5 Å². The molecule has 0 fully saturated rings. The predicted molar refractivity (Wildman–Crippen MR) is 33.8 cm³/mol. The first kappa shape index (κ1) is 16.6. The third kappa shape index (κ3) is 15.7. The summed E-state index contributed by atoms with van der Waals surface area (Å²) in [6, 6.07) is 0. The molecule has 0 saturated carbocycles.